The van der Waals surface area contributed by atoms with E-state index in [1.54, 1.807) is 12.1 Å². The molecule has 0 saturated heterocycles. The van der Waals surface area contributed by atoms with Crippen LogP contribution in [0, 0.1) is 0 Å². The molecule has 1 aromatic carbocycles. The molecule has 0 heterocycles. The van der Waals surface area contributed by atoms with Crippen molar-refractivity contribution in [2.24, 2.45) is 5.84 Å². The standard InChI is InChI=1S/C6H5BrCl2N2.ClH/c7-3-1-5(9)6(11-10)2-4(3)8;/h1-2,11H,10H2;1H. The van der Waals surface area contributed by atoms with Crippen molar-refractivity contribution in [1.29, 1.82) is 0 Å². The van der Waals surface area contributed by atoms with E-state index in [0.717, 1.165) is 4.47 Å². The zero-order valence-electron chi connectivity index (χ0n) is 5.77. The lowest BCUT2D eigenvalue weighted by atomic mass is 10.3. The van der Waals surface area contributed by atoms with Crippen LogP contribution < -0.4 is 11.3 Å². The molecule has 6 heteroatoms. The minimum atomic E-state index is 0. The third kappa shape index (κ3) is 2.68. The van der Waals surface area contributed by atoms with Gasteiger partial charge in [-0.1, -0.05) is 23.2 Å². The molecule has 1 rings (SSSR count). The average Bonchev–Trinajstić information content (AvgIpc) is 1.97. The molecular weight excluding hydrogens is 286 g/mol. The fraction of sp³-hybridized carbons (Fsp3) is 0. The van der Waals surface area contributed by atoms with E-state index in [1.807, 2.05) is 0 Å². The zero-order chi connectivity index (χ0) is 8.43. The van der Waals surface area contributed by atoms with Crippen LogP contribution in [0.1, 0.15) is 0 Å². The molecular formula is C6H6BrCl3N2. The highest BCUT2D eigenvalue weighted by Crippen LogP contribution is 2.31. The summed E-state index contributed by atoms with van der Waals surface area (Å²) in [6, 6.07) is 3.33. The molecule has 0 aliphatic carbocycles. The van der Waals surface area contributed by atoms with E-state index >= 15 is 0 Å². The van der Waals surface area contributed by atoms with Crippen LogP contribution in [-0.2, 0) is 0 Å². The van der Waals surface area contributed by atoms with Crippen LogP contribution >= 0.6 is 51.5 Å². The van der Waals surface area contributed by atoms with Gasteiger partial charge in [0.25, 0.3) is 0 Å². The van der Waals surface area contributed by atoms with Crippen molar-refractivity contribution in [3.8, 4) is 0 Å². The fourth-order valence-electron chi connectivity index (χ4n) is 0.633. The Hall–Kier alpha value is 0.330. The first kappa shape index (κ1) is 12.3. The predicted octanol–water partition coefficient (Wildman–Crippen LogP) is 3.46. The van der Waals surface area contributed by atoms with Gasteiger partial charge in [-0.2, -0.15) is 0 Å². The molecule has 0 aliphatic rings. The van der Waals surface area contributed by atoms with E-state index in [-0.39, 0.29) is 12.4 Å². The summed E-state index contributed by atoms with van der Waals surface area (Å²) in [6.07, 6.45) is 0. The zero-order valence-corrected chi connectivity index (χ0v) is 9.69. The van der Waals surface area contributed by atoms with Crippen molar-refractivity contribution in [3.63, 3.8) is 0 Å². The lowest BCUT2D eigenvalue weighted by Crippen LogP contribution is -2.06. The lowest BCUT2D eigenvalue weighted by molar-refractivity contribution is 1.35. The van der Waals surface area contributed by atoms with Crippen molar-refractivity contribution < 1.29 is 0 Å². The van der Waals surface area contributed by atoms with Crippen molar-refractivity contribution >= 4 is 57.2 Å². The van der Waals surface area contributed by atoms with E-state index in [2.05, 4.69) is 21.4 Å². The van der Waals surface area contributed by atoms with Gasteiger partial charge in [0.1, 0.15) is 0 Å². The van der Waals surface area contributed by atoms with Gasteiger partial charge >= 0.3 is 0 Å². The van der Waals surface area contributed by atoms with Crippen LogP contribution in [0.5, 0.6) is 0 Å². The van der Waals surface area contributed by atoms with Gasteiger partial charge in [-0.25, -0.2) is 0 Å². The molecule has 68 valence electrons. The first-order valence-electron chi connectivity index (χ1n) is 2.76. The molecule has 0 fully saturated rings. The second kappa shape index (κ2) is 5.14. The van der Waals surface area contributed by atoms with Crippen LogP contribution in [0.25, 0.3) is 0 Å². The van der Waals surface area contributed by atoms with Crippen molar-refractivity contribution in [1.82, 2.24) is 0 Å². The maximum Gasteiger partial charge on any atom is 0.0687 e. The maximum atomic E-state index is 5.77. The normalized spacial score (nSPS) is 9.00. The Morgan fingerprint density at radius 1 is 1.25 bits per heavy atom. The van der Waals surface area contributed by atoms with Crippen LogP contribution in [0.2, 0.25) is 10.0 Å². The Kier molecular flexibility index (Phi) is 5.29. The smallest absolute Gasteiger partial charge is 0.0687 e. The van der Waals surface area contributed by atoms with Crippen molar-refractivity contribution in [2.75, 3.05) is 5.43 Å². The average molecular weight is 292 g/mol. The number of rotatable bonds is 1. The highest BCUT2D eigenvalue weighted by atomic mass is 79.9. The second-order valence-corrected chi connectivity index (χ2v) is 3.56. The Morgan fingerprint density at radius 3 is 2.33 bits per heavy atom. The van der Waals surface area contributed by atoms with Gasteiger partial charge in [0.15, 0.2) is 0 Å². The summed E-state index contributed by atoms with van der Waals surface area (Å²) in [5, 5.41) is 1.10. The van der Waals surface area contributed by atoms with E-state index in [1.165, 1.54) is 0 Å². The number of anilines is 1. The minimum Gasteiger partial charge on any atom is -0.323 e. The summed E-state index contributed by atoms with van der Waals surface area (Å²) < 4.78 is 0.753. The summed E-state index contributed by atoms with van der Waals surface area (Å²) >= 11 is 14.8. The third-order valence-corrected chi connectivity index (χ3v) is 2.68. The Bertz CT molecular complexity index is 280. The van der Waals surface area contributed by atoms with Gasteiger partial charge in [0.05, 0.1) is 15.7 Å². The quantitative estimate of drug-likeness (QED) is 0.472. The van der Waals surface area contributed by atoms with E-state index in [4.69, 9.17) is 29.0 Å². The van der Waals surface area contributed by atoms with E-state index in [9.17, 15) is 0 Å². The SMILES string of the molecule is Cl.NNc1cc(Cl)c(Br)cc1Cl. The first-order valence-corrected chi connectivity index (χ1v) is 4.31. The van der Waals surface area contributed by atoms with E-state index < -0.39 is 0 Å². The molecule has 0 atom stereocenters. The van der Waals surface area contributed by atoms with Crippen LogP contribution in [0.15, 0.2) is 16.6 Å². The predicted molar refractivity (Wildman–Crippen MR) is 59.2 cm³/mol. The Morgan fingerprint density at radius 2 is 1.83 bits per heavy atom. The third-order valence-electron chi connectivity index (χ3n) is 1.17. The molecule has 12 heavy (non-hydrogen) atoms. The highest BCUT2D eigenvalue weighted by molar-refractivity contribution is 9.10. The van der Waals surface area contributed by atoms with Gasteiger partial charge in [0.2, 0.25) is 0 Å². The van der Waals surface area contributed by atoms with Crippen LogP contribution in [0.4, 0.5) is 5.69 Å². The monoisotopic (exact) mass is 290 g/mol. The largest absolute Gasteiger partial charge is 0.323 e. The number of hydrogen-bond acceptors (Lipinski definition) is 2. The molecule has 1 aromatic rings. The number of nitrogens with two attached hydrogens (primary N) is 1. The Balaban J connectivity index is 0.00000121. The molecule has 0 aromatic heterocycles. The fourth-order valence-corrected chi connectivity index (χ4v) is 1.49. The van der Waals surface area contributed by atoms with Crippen LogP contribution in [0.3, 0.4) is 0 Å². The first-order chi connectivity index (χ1) is 5.15. The molecule has 0 amide bonds. The number of hydrogen-bond donors (Lipinski definition) is 2. The molecule has 0 spiro atoms. The van der Waals surface area contributed by atoms with Crippen molar-refractivity contribution in [3.05, 3.63) is 26.7 Å². The molecule has 0 bridgehead atoms. The number of benzene rings is 1. The molecule has 2 nitrogen and oxygen atoms in total. The number of halogens is 4. The molecule has 0 aliphatic heterocycles. The minimum absolute atomic E-state index is 0. The summed E-state index contributed by atoms with van der Waals surface area (Å²) in [6.45, 7) is 0. The summed E-state index contributed by atoms with van der Waals surface area (Å²) in [4.78, 5) is 0. The van der Waals surface area contributed by atoms with Gasteiger partial charge in [-0.15, -0.1) is 12.4 Å². The molecule has 0 unspecified atom stereocenters. The number of nitrogen functional groups attached to an aromatic ring is 1. The summed E-state index contributed by atoms with van der Waals surface area (Å²) in [5.41, 5.74) is 3.04. The molecule has 0 saturated carbocycles. The van der Waals surface area contributed by atoms with Crippen molar-refractivity contribution in [2.45, 2.75) is 0 Å². The number of hydrazine groups is 1. The summed E-state index contributed by atoms with van der Waals surface area (Å²) in [5.74, 6) is 5.16. The molecule has 0 radical (unpaired) electrons. The van der Waals surface area contributed by atoms with E-state index in [0.29, 0.717) is 15.7 Å². The Labute approximate surface area is 94.9 Å². The lowest BCUT2D eigenvalue weighted by Gasteiger charge is -2.04. The van der Waals surface area contributed by atoms with Gasteiger partial charge < -0.3 is 5.43 Å². The van der Waals surface area contributed by atoms with Gasteiger partial charge in [-0.3, -0.25) is 5.84 Å². The van der Waals surface area contributed by atoms with Gasteiger partial charge in [-0.05, 0) is 28.1 Å². The second-order valence-electron chi connectivity index (χ2n) is 1.89. The topological polar surface area (TPSA) is 38.0 Å². The van der Waals surface area contributed by atoms with Gasteiger partial charge in [0, 0.05) is 4.47 Å². The highest BCUT2D eigenvalue weighted by Gasteiger charge is 2.03. The maximum absolute atomic E-state index is 5.77. The summed E-state index contributed by atoms with van der Waals surface area (Å²) in [7, 11) is 0. The van der Waals surface area contributed by atoms with Crippen LogP contribution in [-0.4, -0.2) is 0 Å². The number of nitrogens with one attached hydrogen (secondary N) is 1. The molecule has 3 N–H and O–H groups in total.